The van der Waals surface area contributed by atoms with Gasteiger partial charge in [-0.25, -0.2) is 0 Å². The minimum atomic E-state index is -0.281. The highest BCUT2D eigenvalue weighted by Crippen LogP contribution is 2.32. The standard InChI is InChI=1S/C13H25N3O2/c1-4-13(6-8-14-9-7-13)12(18)15-10-11(17)16(3)5-2/h14H,4-10H2,1-3H3,(H,15,18). The molecule has 0 aromatic carbocycles. The lowest BCUT2D eigenvalue weighted by Gasteiger charge is -2.35. The second-order valence-corrected chi connectivity index (χ2v) is 4.97. The molecule has 2 N–H and O–H groups in total. The van der Waals surface area contributed by atoms with Gasteiger partial charge in [-0.1, -0.05) is 6.92 Å². The largest absolute Gasteiger partial charge is 0.347 e. The lowest BCUT2D eigenvalue weighted by Crippen LogP contribution is -2.49. The van der Waals surface area contributed by atoms with Gasteiger partial charge in [0, 0.05) is 13.6 Å². The first-order chi connectivity index (χ1) is 8.55. The monoisotopic (exact) mass is 255 g/mol. The molecular formula is C13H25N3O2. The van der Waals surface area contributed by atoms with Crippen molar-refractivity contribution >= 4 is 11.8 Å². The van der Waals surface area contributed by atoms with Gasteiger partial charge in [0.05, 0.1) is 12.0 Å². The molecule has 18 heavy (non-hydrogen) atoms. The minimum Gasteiger partial charge on any atom is -0.347 e. The third-order valence-corrected chi connectivity index (χ3v) is 4.02. The number of carbonyl (C=O) groups excluding carboxylic acids is 2. The van der Waals surface area contributed by atoms with E-state index in [9.17, 15) is 9.59 Å². The van der Waals surface area contributed by atoms with Gasteiger partial charge in [-0.05, 0) is 39.3 Å². The SMILES string of the molecule is CCN(C)C(=O)CNC(=O)C1(CC)CCNCC1. The molecule has 0 aromatic heterocycles. The van der Waals surface area contributed by atoms with E-state index in [1.165, 1.54) is 0 Å². The zero-order chi connectivity index (χ0) is 13.6. The highest BCUT2D eigenvalue weighted by atomic mass is 16.2. The van der Waals surface area contributed by atoms with Crippen LogP contribution >= 0.6 is 0 Å². The second-order valence-electron chi connectivity index (χ2n) is 4.97. The minimum absolute atomic E-state index is 0.0318. The zero-order valence-electron chi connectivity index (χ0n) is 11.7. The van der Waals surface area contributed by atoms with Crippen LogP contribution in [-0.2, 0) is 9.59 Å². The van der Waals surface area contributed by atoms with E-state index >= 15 is 0 Å². The predicted molar refractivity (Wildman–Crippen MR) is 71.1 cm³/mol. The molecular weight excluding hydrogens is 230 g/mol. The fraction of sp³-hybridized carbons (Fsp3) is 0.846. The molecule has 0 saturated carbocycles. The summed E-state index contributed by atoms with van der Waals surface area (Å²) >= 11 is 0. The molecule has 0 aromatic rings. The summed E-state index contributed by atoms with van der Waals surface area (Å²) in [6.45, 7) is 6.50. The van der Waals surface area contributed by atoms with Crippen LogP contribution in [0.15, 0.2) is 0 Å². The molecule has 5 heteroatoms. The molecule has 0 spiro atoms. The van der Waals surface area contributed by atoms with E-state index in [1.807, 2.05) is 13.8 Å². The fourth-order valence-corrected chi connectivity index (χ4v) is 2.30. The smallest absolute Gasteiger partial charge is 0.241 e. The van der Waals surface area contributed by atoms with E-state index in [-0.39, 0.29) is 23.8 Å². The number of likely N-dealkylation sites (N-methyl/N-ethyl adjacent to an activating group) is 1. The van der Waals surface area contributed by atoms with E-state index in [2.05, 4.69) is 10.6 Å². The zero-order valence-corrected chi connectivity index (χ0v) is 11.7. The summed E-state index contributed by atoms with van der Waals surface area (Å²) in [5, 5.41) is 6.07. The van der Waals surface area contributed by atoms with Crippen molar-refractivity contribution in [2.24, 2.45) is 5.41 Å². The van der Waals surface area contributed by atoms with Crippen molar-refractivity contribution in [3.8, 4) is 0 Å². The van der Waals surface area contributed by atoms with Gasteiger partial charge in [0.25, 0.3) is 0 Å². The number of carbonyl (C=O) groups is 2. The van der Waals surface area contributed by atoms with Crippen molar-refractivity contribution < 1.29 is 9.59 Å². The molecule has 1 saturated heterocycles. The molecule has 0 bridgehead atoms. The normalized spacial score (nSPS) is 18.2. The molecule has 0 unspecified atom stereocenters. The quantitative estimate of drug-likeness (QED) is 0.746. The average Bonchev–Trinajstić information content (AvgIpc) is 2.43. The number of nitrogens with one attached hydrogen (secondary N) is 2. The highest BCUT2D eigenvalue weighted by molar-refractivity contribution is 5.87. The van der Waals surface area contributed by atoms with Crippen LogP contribution in [0.1, 0.15) is 33.1 Å². The maximum Gasteiger partial charge on any atom is 0.241 e. The van der Waals surface area contributed by atoms with Gasteiger partial charge in [-0.2, -0.15) is 0 Å². The fourth-order valence-electron chi connectivity index (χ4n) is 2.30. The molecule has 0 atom stereocenters. The summed E-state index contributed by atoms with van der Waals surface area (Å²) < 4.78 is 0. The van der Waals surface area contributed by atoms with Crippen LogP contribution in [0.4, 0.5) is 0 Å². The summed E-state index contributed by atoms with van der Waals surface area (Å²) in [6.07, 6.45) is 2.54. The molecule has 1 rings (SSSR count). The third-order valence-electron chi connectivity index (χ3n) is 4.02. The Morgan fingerprint density at radius 2 is 1.89 bits per heavy atom. The summed E-state index contributed by atoms with van der Waals surface area (Å²) in [5.41, 5.74) is -0.281. The Labute approximate surface area is 109 Å². The van der Waals surface area contributed by atoms with Crippen LogP contribution in [-0.4, -0.2) is 49.9 Å². The van der Waals surface area contributed by atoms with Crippen LogP contribution in [0.5, 0.6) is 0 Å². The molecule has 1 fully saturated rings. The number of hydrogen-bond donors (Lipinski definition) is 2. The molecule has 5 nitrogen and oxygen atoms in total. The molecule has 0 radical (unpaired) electrons. The van der Waals surface area contributed by atoms with Gasteiger partial charge in [0.2, 0.25) is 11.8 Å². The Morgan fingerprint density at radius 1 is 1.28 bits per heavy atom. The van der Waals surface area contributed by atoms with E-state index in [4.69, 9.17) is 0 Å². The van der Waals surface area contributed by atoms with Crippen molar-refractivity contribution in [3.63, 3.8) is 0 Å². The van der Waals surface area contributed by atoms with Crippen LogP contribution in [0.25, 0.3) is 0 Å². The van der Waals surface area contributed by atoms with Gasteiger partial charge in [-0.15, -0.1) is 0 Å². The lowest BCUT2D eigenvalue weighted by atomic mass is 9.76. The Bertz CT molecular complexity index is 299. The number of piperidine rings is 1. The van der Waals surface area contributed by atoms with Crippen LogP contribution in [0.3, 0.4) is 0 Å². The van der Waals surface area contributed by atoms with Crippen molar-refractivity contribution in [3.05, 3.63) is 0 Å². The van der Waals surface area contributed by atoms with Crippen molar-refractivity contribution in [2.45, 2.75) is 33.1 Å². The molecule has 104 valence electrons. The van der Waals surface area contributed by atoms with Gasteiger partial charge < -0.3 is 15.5 Å². The molecule has 2 amide bonds. The van der Waals surface area contributed by atoms with Crippen LogP contribution in [0, 0.1) is 5.41 Å². The van der Waals surface area contributed by atoms with E-state index < -0.39 is 0 Å². The Morgan fingerprint density at radius 3 is 2.39 bits per heavy atom. The van der Waals surface area contributed by atoms with Crippen molar-refractivity contribution in [2.75, 3.05) is 33.2 Å². The first-order valence-electron chi connectivity index (χ1n) is 6.78. The van der Waals surface area contributed by atoms with Crippen molar-refractivity contribution in [1.29, 1.82) is 0 Å². The maximum absolute atomic E-state index is 12.3. The predicted octanol–water partition coefficient (Wildman–Crippen LogP) is 0.361. The molecule has 1 aliphatic heterocycles. The average molecular weight is 255 g/mol. The summed E-state index contributed by atoms with van der Waals surface area (Å²) in [4.78, 5) is 25.5. The van der Waals surface area contributed by atoms with Gasteiger partial charge in [0.1, 0.15) is 0 Å². The van der Waals surface area contributed by atoms with Crippen LogP contribution < -0.4 is 10.6 Å². The number of rotatable bonds is 5. The van der Waals surface area contributed by atoms with E-state index in [1.54, 1.807) is 11.9 Å². The van der Waals surface area contributed by atoms with Gasteiger partial charge in [-0.3, -0.25) is 9.59 Å². The molecule has 1 aliphatic rings. The summed E-state index contributed by atoms with van der Waals surface area (Å²) in [5.74, 6) is -0.00427. The lowest BCUT2D eigenvalue weighted by molar-refractivity contribution is -0.137. The van der Waals surface area contributed by atoms with Gasteiger partial charge in [0.15, 0.2) is 0 Å². The maximum atomic E-state index is 12.3. The van der Waals surface area contributed by atoms with Crippen molar-refractivity contribution in [1.82, 2.24) is 15.5 Å². The topological polar surface area (TPSA) is 61.4 Å². The number of nitrogens with zero attached hydrogens (tertiary/aromatic N) is 1. The Hall–Kier alpha value is -1.10. The highest BCUT2D eigenvalue weighted by Gasteiger charge is 2.37. The second kappa shape index (κ2) is 6.73. The Kier molecular flexibility index (Phi) is 5.59. The number of hydrogen-bond acceptors (Lipinski definition) is 3. The first kappa shape index (κ1) is 15.0. The Balaban J connectivity index is 2.50. The van der Waals surface area contributed by atoms with E-state index in [0.29, 0.717) is 6.54 Å². The molecule has 1 heterocycles. The first-order valence-corrected chi connectivity index (χ1v) is 6.78. The summed E-state index contributed by atoms with van der Waals surface area (Å²) in [7, 11) is 1.74. The van der Waals surface area contributed by atoms with Crippen LogP contribution in [0.2, 0.25) is 0 Å². The number of amides is 2. The summed E-state index contributed by atoms with van der Waals surface area (Å²) in [6, 6.07) is 0. The van der Waals surface area contributed by atoms with E-state index in [0.717, 1.165) is 32.4 Å². The third kappa shape index (κ3) is 3.45. The van der Waals surface area contributed by atoms with Gasteiger partial charge >= 0.3 is 0 Å². The molecule has 0 aliphatic carbocycles.